The quantitative estimate of drug-likeness (QED) is 0.312. The number of aliphatic carboxylic acids is 1. The number of carboxylic acid groups (broad SMARTS) is 1. The number of unbranched alkanes of at least 4 members (excludes halogenated alkanes) is 1. The Hall–Kier alpha value is -1.28. The molecule has 1 saturated heterocycles. The van der Waals surface area contributed by atoms with Crippen LogP contribution in [-0.4, -0.2) is 60.1 Å². The van der Waals surface area contributed by atoms with Crippen LogP contribution in [0.1, 0.15) is 32.1 Å². The van der Waals surface area contributed by atoms with Gasteiger partial charge in [-0.3, -0.25) is 14.4 Å². The van der Waals surface area contributed by atoms with Gasteiger partial charge < -0.3 is 21.1 Å². The average Bonchev–Trinajstić information content (AvgIpc) is 2.85. The van der Waals surface area contributed by atoms with Gasteiger partial charge in [-0.2, -0.15) is 11.8 Å². The minimum atomic E-state index is -0.907. The van der Waals surface area contributed by atoms with Crippen LogP contribution in [0, 0.1) is 0 Å². The first-order chi connectivity index (χ1) is 10.6. The first-order valence-electron chi connectivity index (χ1n) is 7.55. The van der Waals surface area contributed by atoms with E-state index in [0.29, 0.717) is 11.7 Å². The molecule has 2 amide bonds. The summed E-state index contributed by atoms with van der Waals surface area (Å²) in [4.78, 5) is 32.4. The van der Waals surface area contributed by atoms with Gasteiger partial charge in [0.25, 0.3) is 0 Å². The van der Waals surface area contributed by atoms with E-state index in [1.807, 2.05) is 18.8 Å². The van der Waals surface area contributed by atoms with Gasteiger partial charge >= 0.3 is 5.97 Å². The number of rotatable bonds is 11. The zero-order valence-electron chi connectivity index (χ0n) is 12.8. The Bertz CT molecular complexity index is 381. The highest BCUT2D eigenvalue weighted by atomic mass is 32.2. The first-order valence-corrected chi connectivity index (χ1v) is 8.60. The summed E-state index contributed by atoms with van der Waals surface area (Å²) in [6.45, 7) is 0.188. The predicted molar refractivity (Wildman–Crippen MR) is 85.8 cm³/mol. The molecule has 7 nitrogen and oxygen atoms in total. The minimum absolute atomic E-state index is 0.0422. The van der Waals surface area contributed by atoms with E-state index >= 15 is 0 Å². The molecule has 0 bridgehead atoms. The second kappa shape index (κ2) is 10.4. The van der Waals surface area contributed by atoms with Crippen LogP contribution in [0.5, 0.6) is 0 Å². The van der Waals surface area contributed by atoms with Crippen molar-refractivity contribution < 1.29 is 19.5 Å². The van der Waals surface area contributed by atoms with E-state index in [1.54, 1.807) is 0 Å². The first kappa shape index (κ1) is 18.8. The number of hydrogen-bond acceptors (Lipinski definition) is 5. The monoisotopic (exact) mass is 331 g/mol. The van der Waals surface area contributed by atoms with Crippen LogP contribution < -0.4 is 16.0 Å². The van der Waals surface area contributed by atoms with E-state index in [0.717, 1.165) is 31.4 Å². The summed E-state index contributed by atoms with van der Waals surface area (Å²) >= 11 is 1.85. The van der Waals surface area contributed by atoms with Gasteiger partial charge in [-0.1, -0.05) is 6.42 Å². The van der Waals surface area contributed by atoms with Crippen molar-refractivity contribution in [3.8, 4) is 0 Å². The normalized spacial score (nSPS) is 24.0. The van der Waals surface area contributed by atoms with Gasteiger partial charge in [0.2, 0.25) is 12.3 Å². The molecule has 8 heteroatoms. The largest absolute Gasteiger partial charge is 0.481 e. The van der Waals surface area contributed by atoms with E-state index in [4.69, 9.17) is 5.11 Å². The van der Waals surface area contributed by atoms with Crippen LogP contribution >= 0.6 is 11.8 Å². The summed E-state index contributed by atoms with van der Waals surface area (Å²) in [6.07, 6.45) is 3.86. The van der Waals surface area contributed by atoms with Gasteiger partial charge in [0.05, 0.1) is 12.5 Å². The van der Waals surface area contributed by atoms with Crippen molar-refractivity contribution in [2.24, 2.45) is 0 Å². The van der Waals surface area contributed by atoms with Gasteiger partial charge in [0.15, 0.2) is 0 Å². The molecule has 0 aromatic heterocycles. The Morgan fingerprint density at radius 3 is 2.73 bits per heavy atom. The fraction of sp³-hybridized carbons (Fsp3) is 0.786. The summed E-state index contributed by atoms with van der Waals surface area (Å²) in [5.41, 5.74) is 0. The van der Waals surface area contributed by atoms with E-state index in [-0.39, 0.29) is 31.0 Å². The van der Waals surface area contributed by atoms with Gasteiger partial charge in [0, 0.05) is 30.0 Å². The third kappa shape index (κ3) is 6.65. The van der Waals surface area contributed by atoms with E-state index in [2.05, 4.69) is 16.0 Å². The molecule has 0 aromatic rings. The molecular formula is C14H25N3O4S. The highest BCUT2D eigenvalue weighted by Crippen LogP contribution is 2.31. The van der Waals surface area contributed by atoms with Crippen molar-refractivity contribution >= 4 is 30.0 Å². The molecule has 0 aromatic carbocycles. The molecule has 0 spiro atoms. The lowest BCUT2D eigenvalue weighted by Gasteiger charge is -2.22. The minimum Gasteiger partial charge on any atom is -0.481 e. The molecular weight excluding hydrogens is 306 g/mol. The molecule has 1 aliphatic rings. The Labute approximate surface area is 135 Å². The molecule has 0 saturated carbocycles. The Balaban J connectivity index is 2.15. The number of amides is 2. The second-order valence-corrected chi connectivity index (χ2v) is 6.59. The predicted octanol–water partition coefficient (Wildman–Crippen LogP) is -0.0443. The SMILES string of the molecule is CN[C@@H]1C(CCCCC(=O)NCCC(=O)O)SC[C@@H]1NC=O. The maximum absolute atomic E-state index is 11.5. The fourth-order valence-corrected chi connectivity index (χ4v) is 4.24. The van der Waals surface area contributed by atoms with E-state index in [9.17, 15) is 14.4 Å². The van der Waals surface area contributed by atoms with Crippen molar-refractivity contribution in [2.45, 2.75) is 49.4 Å². The van der Waals surface area contributed by atoms with Crippen LogP contribution in [0.25, 0.3) is 0 Å². The number of carbonyl (C=O) groups is 3. The summed E-state index contributed by atoms with van der Waals surface area (Å²) < 4.78 is 0. The molecule has 1 aliphatic heterocycles. The van der Waals surface area contributed by atoms with Crippen LogP contribution in [0.4, 0.5) is 0 Å². The van der Waals surface area contributed by atoms with Crippen molar-refractivity contribution in [2.75, 3.05) is 19.3 Å². The van der Waals surface area contributed by atoms with E-state index < -0.39 is 5.97 Å². The van der Waals surface area contributed by atoms with Crippen LogP contribution in [0.15, 0.2) is 0 Å². The summed E-state index contributed by atoms with van der Waals surface area (Å²) in [6, 6.07) is 0.427. The van der Waals surface area contributed by atoms with Gasteiger partial charge in [-0.05, 0) is 19.9 Å². The zero-order valence-corrected chi connectivity index (χ0v) is 13.7. The number of nitrogens with one attached hydrogen (secondary N) is 3. The third-order valence-corrected chi connectivity index (χ3v) is 5.25. The third-order valence-electron chi connectivity index (χ3n) is 3.74. The smallest absolute Gasteiger partial charge is 0.305 e. The van der Waals surface area contributed by atoms with Gasteiger partial charge in [0.1, 0.15) is 0 Å². The van der Waals surface area contributed by atoms with Crippen molar-refractivity contribution in [1.29, 1.82) is 0 Å². The maximum atomic E-state index is 11.5. The molecule has 3 atom stereocenters. The summed E-state index contributed by atoms with van der Waals surface area (Å²) in [5, 5.41) is 17.6. The van der Waals surface area contributed by atoms with Crippen molar-refractivity contribution in [3.05, 3.63) is 0 Å². The topological polar surface area (TPSA) is 108 Å². The van der Waals surface area contributed by atoms with Crippen LogP contribution in [0.2, 0.25) is 0 Å². The molecule has 1 unspecified atom stereocenters. The van der Waals surface area contributed by atoms with Gasteiger partial charge in [-0.15, -0.1) is 0 Å². The zero-order chi connectivity index (χ0) is 16.4. The molecule has 4 N–H and O–H groups in total. The van der Waals surface area contributed by atoms with E-state index in [1.165, 1.54) is 0 Å². The Morgan fingerprint density at radius 2 is 2.09 bits per heavy atom. The molecule has 1 rings (SSSR count). The fourth-order valence-electron chi connectivity index (χ4n) is 2.61. The lowest BCUT2D eigenvalue weighted by Crippen LogP contribution is -2.48. The molecule has 126 valence electrons. The summed E-state index contributed by atoms with van der Waals surface area (Å²) in [5.74, 6) is -0.0916. The molecule has 1 heterocycles. The second-order valence-electron chi connectivity index (χ2n) is 5.32. The molecule has 0 radical (unpaired) electrons. The number of carboxylic acids is 1. The van der Waals surface area contributed by atoms with Gasteiger partial charge in [-0.25, -0.2) is 0 Å². The molecule has 1 fully saturated rings. The summed E-state index contributed by atoms with van der Waals surface area (Å²) in [7, 11) is 1.90. The van der Waals surface area contributed by atoms with Crippen LogP contribution in [0.3, 0.4) is 0 Å². The Morgan fingerprint density at radius 1 is 1.32 bits per heavy atom. The maximum Gasteiger partial charge on any atom is 0.305 e. The number of carbonyl (C=O) groups excluding carboxylic acids is 2. The highest BCUT2D eigenvalue weighted by molar-refractivity contribution is 8.00. The standard InChI is InChI=1S/C14H25N3O4S/c1-15-14-10(17-9-18)8-22-11(14)4-2-3-5-12(19)16-7-6-13(20)21/h9-11,14-15H,2-8H2,1H3,(H,16,19)(H,17,18)(H,20,21)/t10-,11?,14-/m0/s1. The Kier molecular flexibility index (Phi) is 8.91. The van der Waals surface area contributed by atoms with Crippen molar-refractivity contribution in [3.63, 3.8) is 0 Å². The molecule has 22 heavy (non-hydrogen) atoms. The number of likely N-dealkylation sites (N-methyl/N-ethyl adjacent to an activating group) is 1. The van der Waals surface area contributed by atoms with Crippen molar-refractivity contribution in [1.82, 2.24) is 16.0 Å². The van der Waals surface area contributed by atoms with Crippen LogP contribution in [-0.2, 0) is 14.4 Å². The highest BCUT2D eigenvalue weighted by Gasteiger charge is 2.34. The number of thioether (sulfide) groups is 1. The lowest BCUT2D eigenvalue weighted by molar-refractivity contribution is -0.137. The number of hydrogen-bond donors (Lipinski definition) is 4. The molecule has 0 aliphatic carbocycles. The lowest BCUT2D eigenvalue weighted by atomic mass is 10.0. The average molecular weight is 331 g/mol.